The van der Waals surface area contributed by atoms with Crippen molar-refractivity contribution < 1.29 is 17.9 Å². The molecule has 0 aliphatic rings. The van der Waals surface area contributed by atoms with Gasteiger partial charge in [0, 0.05) is 6.54 Å². The van der Waals surface area contributed by atoms with E-state index in [1.54, 1.807) is 31.2 Å². The molecule has 0 aliphatic heterocycles. The van der Waals surface area contributed by atoms with E-state index in [4.69, 9.17) is 4.74 Å². The molecule has 0 unspecified atom stereocenters. The van der Waals surface area contributed by atoms with Gasteiger partial charge in [0.1, 0.15) is 5.75 Å². The molecule has 0 spiro atoms. The van der Waals surface area contributed by atoms with Crippen molar-refractivity contribution in [3.63, 3.8) is 0 Å². The fourth-order valence-electron chi connectivity index (χ4n) is 2.09. The number of sulfone groups is 1. The van der Waals surface area contributed by atoms with Gasteiger partial charge in [-0.3, -0.25) is 4.79 Å². The number of nitrogens with one attached hydrogen (secondary N) is 1. The van der Waals surface area contributed by atoms with Gasteiger partial charge in [-0.05, 0) is 36.2 Å². The predicted molar refractivity (Wildman–Crippen MR) is 92.7 cm³/mol. The third-order valence-electron chi connectivity index (χ3n) is 3.60. The van der Waals surface area contributed by atoms with Gasteiger partial charge >= 0.3 is 0 Å². The Kier molecular flexibility index (Phi) is 5.98. The first-order valence-electron chi connectivity index (χ1n) is 7.69. The van der Waals surface area contributed by atoms with Gasteiger partial charge in [0.15, 0.2) is 16.4 Å². The molecule has 128 valence electrons. The van der Waals surface area contributed by atoms with Gasteiger partial charge < -0.3 is 10.1 Å². The van der Waals surface area contributed by atoms with Gasteiger partial charge in [-0.15, -0.1) is 0 Å². The van der Waals surface area contributed by atoms with Crippen molar-refractivity contribution >= 4 is 15.7 Å². The van der Waals surface area contributed by atoms with E-state index >= 15 is 0 Å². The number of para-hydroxylation sites is 1. The van der Waals surface area contributed by atoms with Gasteiger partial charge in [-0.2, -0.15) is 0 Å². The molecule has 2 aromatic carbocycles. The molecule has 0 heterocycles. The number of ether oxygens (including phenoxy) is 1. The summed E-state index contributed by atoms with van der Waals surface area (Å²) < 4.78 is 29.0. The Labute approximate surface area is 142 Å². The zero-order valence-electron chi connectivity index (χ0n) is 13.8. The lowest BCUT2D eigenvalue weighted by atomic mass is 10.2. The molecule has 2 aromatic rings. The maximum atomic E-state index is 11.8. The molecule has 0 saturated heterocycles. The summed E-state index contributed by atoms with van der Waals surface area (Å²) in [5, 5.41) is 2.75. The highest BCUT2D eigenvalue weighted by atomic mass is 32.2. The quantitative estimate of drug-likeness (QED) is 0.835. The van der Waals surface area contributed by atoms with Crippen LogP contribution in [0.3, 0.4) is 0 Å². The fraction of sp³-hybridized carbons (Fsp3) is 0.278. The molecule has 0 saturated carbocycles. The number of hydrogen-bond donors (Lipinski definition) is 1. The Morgan fingerprint density at radius 1 is 1.08 bits per heavy atom. The van der Waals surface area contributed by atoms with Crippen molar-refractivity contribution in [1.29, 1.82) is 0 Å². The van der Waals surface area contributed by atoms with E-state index in [0.717, 1.165) is 11.1 Å². The SMILES string of the molecule is CCS(=O)(=O)c1ccc(CNC(=O)COc2ccccc2C)cc1. The van der Waals surface area contributed by atoms with Gasteiger partial charge in [-0.1, -0.05) is 37.3 Å². The second-order valence-corrected chi connectivity index (χ2v) is 7.66. The molecule has 0 aromatic heterocycles. The molecule has 5 nitrogen and oxygen atoms in total. The summed E-state index contributed by atoms with van der Waals surface area (Å²) in [6.45, 7) is 3.78. The fourth-order valence-corrected chi connectivity index (χ4v) is 2.98. The summed E-state index contributed by atoms with van der Waals surface area (Å²) in [6.07, 6.45) is 0. The molecule has 1 N–H and O–H groups in total. The van der Waals surface area contributed by atoms with Crippen molar-refractivity contribution in [3.8, 4) is 5.75 Å². The van der Waals surface area contributed by atoms with E-state index in [1.807, 2.05) is 31.2 Å². The highest BCUT2D eigenvalue weighted by molar-refractivity contribution is 7.91. The van der Waals surface area contributed by atoms with E-state index < -0.39 is 9.84 Å². The zero-order valence-corrected chi connectivity index (χ0v) is 14.6. The van der Waals surface area contributed by atoms with Crippen LogP contribution < -0.4 is 10.1 Å². The smallest absolute Gasteiger partial charge is 0.258 e. The monoisotopic (exact) mass is 347 g/mol. The largest absolute Gasteiger partial charge is 0.484 e. The second kappa shape index (κ2) is 7.97. The molecule has 1 amide bonds. The topological polar surface area (TPSA) is 72.5 Å². The highest BCUT2D eigenvalue weighted by Gasteiger charge is 2.11. The van der Waals surface area contributed by atoms with Gasteiger partial charge in [0.25, 0.3) is 5.91 Å². The lowest BCUT2D eigenvalue weighted by Crippen LogP contribution is -2.28. The van der Waals surface area contributed by atoms with Crippen LogP contribution in [0.5, 0.6) is 5.75 Å². The van der Waals surface area contributed by atoms with Crippen LogP contribution in [-0.4, -0.2) is 26.7 Å². The Hall–Kier alpha value is -2.34. The van der Waals surface area contributed by atoms with Crippen molar-refractivity contribution in [3.05, 3.63) is 59.7 Å². The molecule has 0 fully saturated rings. The number of carbonyl (C=O) groups is 1. The zero-order chi connectivity index (χ0) is 17.6. The van der Waals surface area contributed by atoms with E-state index in [1.165, 1.54) is 0 Å². The summed E-state index contributed by atoms with van der Waals surface area (Å²) in [6, 6.07) is 14.0. The van der Waals surface area contributed by atoms with Crippen LogP contribution >= 0.6 is 0 Å². The molecule has 0 aliphatic carbocycles. The van der Waals surface area contributed by atoms with Gasteiger partial charge in [0.05, 0.1) is 10.6 Å². The van der Waals surface area contributed by atoms with Crippen LogP contribution in [0.15, 0.2) is 53.4 Å². The Balaban J connectivity index is 1.85. The van der Waals surface area contributed by atoms with Gasteiger partial charge in [0.2, 0.25) is 0 Å². The number of hydrogen-bond acceptors (Lipinski definition) is 4. The minimum Gasteiger partial charge on any atom is -0.484 e. The first-order valence-corrected chi connectivity index (χ1v) is 9.34. The lowest BCUT2D eigenvalue weighted by Gasteiger charge is -2.09. The van der Waals surface area contributed by atoms with Crippen LogP contribution in [0.1, 0.15) is 18.1 Å². The Bertz CT molecular complexity index is 798. The first-order chi connectivity index (χ1) is 11.4. The van der Waals surface area contributed by atoms with Crippen molar-refractivity contribution in [2.75, 3.05) is 12.4 Å². The minimum atomic E-state index is -3.20. The van der Waals surface area contributed by atoms with E-state index in [9.17, 15) is 13.2 Å². The van der Waals surface area contributed by atoms with E-state index in [0.29, 0.717) is 17.2 Å². The normalized spacial score (nSPS) is 11.1. The number of amides is 1. The third-order valence-corrected chi connectivity index (χ3v) is 5.36. The maximum Gasteiger partial charge on any atom is 0.258 e. The van der Waals surface area contributed by atoms with Crippen molar-refractivity contribution in [2.24, 2.45) is 0 Å². The van der Waals surface area contributed by atoms with Crippen LogP contribution in [0, 0.1) is 6.92 Å². The van der Waals surface area contributed by atoms with Gasteiger partial charge in [-0.25, -0.2) is 8.42 Å². The number of benzene rings is 2. The summed E-state index contributed by atoms with van der Waals surface area (Å²) in [5.41, 5.74) is 1.80. The second-order valence-electron chi connectivity index (χ2n) is 5.38. The van der Waals surface area contributed by atoms with Crippen LogP contribution in [0.4, 0.5) is 0 Å². The maximum absolute atomic E-state index is 11.8. The average molecular weight is 347 g/mol. The van der Waals surface area contributed by atoms with Crippen LogP contribution in [-0.2, 0) is 21.2 Å². The summed E-state index contributed by atoms with van der Waals surface area (Å²) >= 11 is 0. The van der Waals surface area contributed by atoms with E-state index in [2.05, 4.69) is 5.32 Å². The van der Waals surface area contributed by atoms with Crippen LogP contribution in [0.2, 0.25) is 0 Å². The molecular weight excluding hydrogens is 326 g/mol. The predicted octanol–water partition coefficient (Wildman–Crippen LogP) is 2.48. The third kappa shape index (κ3) is 4.83. The standard InChI is InChI=1S/C18H21NO4S/c1-3-24(21,22)16-10-8-15(9-11-16)12-19-18(20)13-23-17-7-5-4-6-14(17)2/h4-11H,3,12-13H2,1-2H3,(H,19,20). The number of carbonyl (C=O) groups excluding carboxylic acids is 1. The number of aryl methyl sites for hydroxylation is 1. The minimum absolute atomic E-state index is 0.0624. The number of rotatable bonds is 7. The van der Waals surface area contributed by atoms with Crippen molar-refractivity contribution in [2.45, 2.75) is 25.3 Å². The van der Waals surface area contributed by atoms with E-state index in [-0.39, 0.29) is 18.3 Å². The lowest BCUT2D eigenvalue weighted by molar-refractivity contribution is -0.123. The highest BCUT2D eigenvalue weighted by Crippen LogP contribution is 2.16. The molecule has 24 heavy (non-hydrogen) atoms. The molecular formula is C18H21NO4S. The summed E-state index contributed by atoms with van der Waals surface area (Å²) in [5.74, 6) is 0.518. The molecule has 0 bridgehead atoms. The van der Waals surface area contributed by atoms with Crippen LogP contribution in [0.25, 0.3) is 0 Å². The van der Waals surface area contributed by atoms with Crippen molar-refractivity contribution in [1.82, 2.24) is 5.32 Å². The first kappa shape index (κ1) is 18.0. The molecule has 6 heteroatoms. The Morgan fingerprint density at radius 2 is 1.75 bits per heavy atom. The summed E-state index contributed by atoms with van der Waals surface area (Å²) in [4.78, 5) is 12.1. The molecule has 2 rings (SSSR count). The Morgan fingerprint density at radius 3 is 2.38 bits per heavy atom. The summed E-state index contributed by atoms with van der Waals surface area (Å²) in [7, 11) is -3.20. The molecule has 0 radical (unpaired) electrons. The molecule has 0 atom stereocenters. The average Bonchev–Trinajstić information content (AvgIpc) is 2.59.